The van der Waals surface area contributed by atoms with Crippen molar-refractivity contribution in [2.45, 2.75) is 31.2 Å². The summed E-state index contributed by atoms with van der Waals surface area (Å²) >= 11 is 0. The van der Waals surface area contributed by atoms with E-state index in [9.17, 15) is 14.3 Å². The third-order valence-electron chi connectivity index (χ3n) is 5.62. The summed E-state index contributed by atoms with van der Waals surface area (Å²) in [5.41, 5.74) is 3.12. The van der Waals surface area contributed by atoms with Crippen LogP contribution in [0.15, 0.2) is 78.9 Å². The van der Waals surface area contributed by atoms with E-state index < -0.39 is 0 Å². The maximum atomic E-state index is 13.3. The van der Waals surface area contributed by atoms with Gasteiger partial charge in [-0.15, -0.1) is 0 Å². The summed E-state index contributed by atoms with van der Waals surface area (Å²) in [4.78, 5) is 14.9. The molecule has 0 aromatic heterocycles. The van der Waals surface area contributed by atoms with Gasteiger partial charge in [0, 0.05) is 6.54 Å². The van der Waals surface area contributed by atoms with Gasteiger partial charge in [-0.05, 0) is 60.2 Å². The summed E-state index contributed by atoms with van der Waals surface area (Å²) in [5.74, 6) is -0.338. The van der Waals surface area contributed by atoms with Crippen molar-refractivity contribution >= 4 is 5.91 Å². The van der Waals surface area contributed by atoms with E-state index in [0.29, 0.717) is 6.54 Å². The first-order valence-corrected chi connectivity index (χ1v) is 10.0. The third-order valence-corrected chi connectivity index (χ3v) is 5.62. The molecule has 0 spiro atoms. The SMILES string of the molecule is O=C1C(c2ccc(F)cc2)C(c2ccc(O)cc2)N1CCCCc1ccccc1. The number of halogens is 1. The predicted molar refractivity (Wildman–Crippen MR) is 111 cm³/mol. The molecule has 0 aliphatic carbocycles. The summed E-state index contributed by atoms with van der Waals surface area (Å²) < 4.78 is 13.3. The number of hydrogen-bond donors (Lipinski definition) is 1. The first-order chi connectivity index (χ1) is 14.1. The average Bonchev–Trinajstić information content (AvgIpc) is 2.74. The third kappa shape index (κ3) is 4.16. The first-order valence-electron chi connectivity index (χ1n) is 10.0. The number of amides is 1. The molecular formula is C25H24FNO2. The molecule has 1 N–H and O–H groups in total. The minimum Gasteiger partial charge on any atom is -0.508 e. The van der Waals surface area contributed by atoms with E-state index in [2.05, 4.69) is 12.1 Å². The van der Waals surface area contributed by atoms with Gasteiger partial charge in [0.1, 0.15) is 11.6 Å². The molecule has 1 aliphatic rings. The Morgan fingerprint density at radius 1 is 0.828 bits per heavy atom. The number of aryl methyl sites for hydroxylation is 1. The van der Waals surface area contributed by atoms with Crippen LogP contribution in [0.25, 0.3) is 0 Å². The van der Waals surface area contributed by atoms with Crippen LogP contribution < -0.4 is 0 Å². The second-order valence-corrected chi connectivity index (χ2v) is 7.54. The van der Waals surface area contributed by atoms with Crippen LogP contribution in [0.3, 0.4) is 0 Å². The second-order valence-electron chi connectivity index (χ2n) is 7.54. The van der Waals surface area contributed by atoms with Crippen LogP contribution in [0.4, 0.5) is 4.39 Å². The van der Waals surface area contributed by atoms with Crippen LogP contribution in [0.2, 0.25) is 0 Å². The molecule has 4 rings (SSSR count). The van der Waals surface area contributed by atoms with Crippen LogP contribution in [-0.4, -0.2) is 22.5 Å². The van der Waals surface area contributed by atoms with Crippen molar-refractivity contribution in [1.82, 2.24) is 4.90 Å². The van der Waals surface area contributed by atoms with E-state index in [-0.39, 0.29) is 29.4 Å². The Kier molecular flexibility index (Phi) is 5.61. The van der Waals surface area contributed by atoms with Crippen LogP contribution in [0.5, 0.6) is 5.75 Å². The molecule has 1 fully saturated rings. The Labute approximate surface area is 170 Å². The number of β-lactam (4-membered cyclic amide) rings is 1. The van der Waals surface area contributed by atoms with Gasteiger partial charge in [0.15, 0.2) is 0 Å². The fourth-order valence-corrected chi connectivity index (χ4v) is 4.09. The largest absolute Gasteiger partial charge is 0.508 e. The summed E-state index contributed by atoms with van der Waals surface area (Å²) in [6.07, 6.45) is 2.93. The molecule has 1 heterocycles. The number of hydrogen-bond acceptors (Lipinski definition) is 2. The van der Waals surface area contributed by atoms with Crippen LogP contribution in [-0.2, 0) is 11.2 Å². The first kappa shape index (κ1) is 19.2. The molecule has 1 aliphatic heterocycles. The quantitative estimate of drug-likeness (QED) is 0.444. The van der Waals surface area contributed by atoms with Crippen molar-refractivity contribution in [3.63, 3.8) is 0 Å². The van der Waals surface area contributed by atoms with E-state index in [0.717, 1.165) is 30.4 Å². The molecule has 2 atom stereocenters. The number of phenolic OH excluding ortho intramolecular Hbond substituents is 1. The molecule has 1 amide bonds. The number of nitrogens with zero attached hydrogens (tertiary/aromatic N) is 1. The molecule has 3 aromatic rings. The van der Waals surface area contributed by atoms with Crippen LogP contribution in [0.1, 0.15) is 41.5 Å². The number of likely N-dealkylation sites (tertiary alicyclic amines) is 1. The van der Waals surface area contributed by atoms with Gasteiger partial charge in [-0.2, -0.15) is 0 Å². The van der Waals surface area contributed by atoms with Crippen molar-refractivity contribution in [2.24, 2.45) is 0 Å². The van der Waals surface area contributed by atoms with Gasteiger partial charge in [0.05, 0.1) is 12.0 Å². The zero-order chi connectivity index (χ0) is 20.2. The highest BCUT2D eigenvalue weighted by atomic mass is 19.1. The summed E-state index contributed by atoms with van der Waals surface area (Å²) in [6, 6.07) is 23.5. The molecule has 3 aromatic carbocycles. The fraction of sp³-hybridized carbons (Fsp3) is 0.240. The number of rotatable bonds is 7. The standard InChI is InChI=1S/C25H24FNO2/c26-21-13-9-19(10-14-21)23-24(20-11-15-22(28)16-12-20)27(25(23)29)17-5-4-8-18-6-2-1-3-7-18/h1-3,6-7,9-16,23-24,28H,4-5,8,17H2. The number of carbonyl (C=O) groups excluding carboxylic acids is 1. The van der Waals surface area contributed by atoms with E-state index in [1.54, 1.807) is 24.3 Å². The van der Waals surface area contributed by atoms with Gasteiger partial charge in [-0.1, -0.05) is 54.6 Å². The van der Waals surface area contributed by atoms with E-state index in [4.69, 9.17) is 0 Å². The molecular weight excluding hydrogens is 365 g/mol. The van der Waals surface area contributed by atoms with Gasteiger partial charge >= 0.3 is 0 Å². The van der Waals surface area contributed by atoms with E-state index in [1.807, 2.05) is 35.2 Å². The van der Waals surface area contributed by atoms with Crippen molar-refractivity contribution in [3.05, 3.63) is 101 Å². The number of benzene rings is 3. The Morgan fingerprint density at radius 3 is 2.17 bits per heavy atom. The fourth-order valence-electron chi connectivity index (χ4n) is 4.09. The number of phenols is 1. The Hall–Kier alpha value is -3.14. The molecule has 3 nitrogen and oxygen atoms in total. The lowest BCUT2D eigenvalue weighted by Crippen LogP contribution is -2.53. The monoisotopic (exact) mass is 389 g/mol. The van der Waals surface area contributed by atoms with E-state index in [1.165, 1.54) is 17.7 Å². The highest BCUT2D eigenvalue weighted by Gasteiger charge is 2.48. The molecule has 1 saturated heterocycles. The lowest BCUT2D eigenvalue weighted by molar-refractivity contribution is -0.150. The molecule has 148 valence electrons. The number of aromatic hydroxyl groups is 1. The van der Waals surface area contributed by atoms with Crippen LogP contribution in [0, 0.1) is 5.82 Å². The highest BCUT2D eigenvalue weighted by molar-refractivity contribution is 5.91. The van der Waals surface area contributed by atoms with Crippen molar-refractivity contribution in [3.8, 4) is 5.75 Å². The Morgan fingerprint density at radius 2 is 1.48 bits per heavy atom. The van der Waals surface area contributed by atoms with Gasteiger partial charge in [-0.25, -0.2) is 4.39 Å². The van der Waals surface area contributed by atoms with Crippen molar-refractivity contribution < 1.29 is 14.3 Å². The van der Waals surface area contributed by atoms with Crippen molar-refractivity contribution in [1.29, 1.82) is 0 Å². The normalized spacial score (nSPS) is 18.5. The minimum absolute atomic E-state index is 0.0781. The minimum atomic E-state index is -0.311. The number of carbonyl (C=O) groups is 1. The average molecular weight is 389 g/mol. The van der Waals surface area contributed by atoms with Gasteiger partial charge < -0.3 is 10.0 Å². The molecule has 29 heavy (non-hydrogen) atoms. The molecule has 0 bridgehead atoms. The van der Waals surface area contributed by atoms with Gasteiger partial charge in [0.25, 0.3) is 0 Å². The Balaban J connectivity index is 1.47. The van der Waals surface area contributed by atoms with E-state index >= 15 is 0 Å². The van der Waals surface area contributed by atoms with Gasteiger partial charge in [-0.3, -0.25) is 4.79 Å². The summed E-state index contributed by atoms with van der Waals surface area (Å²) in [7, 11) is 0. The maximum absolute atomic E-state index is 13.3. The molecule has 2 unspecified atom stereocenters. The zero-order valence-corrected chi connectivity index (χ0v) is 16.2. The van der Waals surface area contributed by atoms with Crippen molar-refractivity contribution in [2.75, 3.05) is 6.54 Å². The smallest absolute Gasteiger partial charge is 0.233 e. The second kappa shape index (κ2) is 8.48. The topological polar surface area (TPSA) is 40.5 Å². The summed E-state index contributed by atoms with van der Waals surface area (Å²) in [6.45, 7) is 0.689. The molecule has 0 saturated carbocycles. The lowest BCUT2D eigenvalue weighted by Gasteiger charge is -2.48. The summed E-state index contributed by atoms with van der Waals surface area (Å²) in [5, 5.41) is 9.62. The van der Waals surface area contributed by atoms with Gasteiger partial charge in [0.2, 0.25) is 5.91 Å². The highest BCUT2D eigenvalue weighted by Crippen LogP contribution is 2.46. The zero-order valence-electron chi connectivity index (χ0n) is 16.2. The maximum Gasteiger partial charge on any atom is 0.233 e. The van der Waals surface area contributed by atoms with Crippen LogP contribution >= 0.6 is 0 Å². The molecule has 4 heteroatoms. The predicted octanol–water partition coefficient (Wildman–Crippen LogP) is 5.22. The lowest BCUT2D eigenvalue weighted by atomic mass is 9.77. The number of unbranched alkanes of at least 4 members (excludes halogenated alkanes) is 1. The Bertz CT molecular complexity index is 954. The molecule has 0 radical (unpaired) electrons.